The van der Waals surface area contributed by atoms with Crippen LogP contribution in [0.25, 0.3) is 16.6 Å². The number of phenols is 1. The summed E-state index contributed by atoms with van der Waals surface area (Å²) < 4.78 is 49.2. The second-order valence-electron chi connectivity index (χ2n) is 7.52. The van der Waals surface area contributed by atoms with Crippen molar-refractivity contribution in [1.82, 2.24) is 14.1 Å². The SMILES string of the molecule is CCOC(=O)c1c(CS(=O)c2ccc(F)c(F)c2)n(C)c2cc(Br)c(O)c(-n3cncc3C)c12. The quantitative estimate of drug-likeness (QED) is 0.344. The van der Waals surface area contributed by atoms with Crippen LogP contribution in [0.15, 0.2) is 46.2 Å². The van der Waals surface area contributed by atoms with Crippen molar-refractivity contribution in [3.05, 3.63) is 69.8 Å². The standard InChI is InChI=1S/C23H20BrF2N3O4S/c1-4-33-23(31)20-18(10-34(32)13-5-6-15(25)16(26)7-13)28(3)17-8-14(24)22(30)21(19(17)20)29-11-27-9-12(29)2/h5-9,11,30H,4,10H2,1-3H3. The lowest BCUT2D eigenvalue weighted by Crippen LogP contribution is -2.11. The number of carbonyl (C=O) groups is 1. The van der Waals surface area contributed by atoms with Crippen molar-refractivity contribution in [2.24, 2.45) is 7.05 Å². The highest BCUT2D eigenvalue weighted by Crippen LogP contribution is 2.42. The maximum Gasteiger partial charge on any atom is 0.340 e. The van der Waals surface area contributed by atoms with E-state index < -0.39 is 28.4 Å². The van der Waals surface area contributed by atoms with Crippen LogP contribution in [0, 0.1) is 18.6 Å². The molecule has 0 saturated heterocycles. The van der Waals surface area contributed by atoms with E-state index in [0.29, 0.717) is 32.5 Å². The highest BCUT2D eigenvalue weighted by Gasteiger charge is 2.29. The molecule has 1 atom stereocenters. The molecule has 0 fully saturated rings. The molecule has 4 aromatic rings. The first-order chi connectivity index (χ1) is 16.1. The Hall–Kier alpha value is -3.05. The first kappa shape index (κ1) is 24.1. The minimum atomic E-state index is -1.81. The van der Waals surface area contributed by atoms with Crippen LogP contribution in [0.3, 0.4) is 0 Å². The lowest BCUT2D eigenvalue weighted by Gasteiger charge is -2.13. The number of rotatable bonds is 6. The average molecular weight is 552 g/mol. The van der Waals surface area contributed by atoms with E-state index in [4.69, 9.17) is 4.74 Å². The van der Waals surface area contributed by atoms with E-state index in [2.05, 4.69) is 20.9 Å². The Morgan fingerprint density at radius 3 is 2.62 bits per heavy atom. The molecule has 0 amide bonds. The summed E-state index contributed by atoms with van der Waals surface area (Å²) in [5.74, 6) is -3.10. The summed E-state index contributed by atoms with van der Waals surface area (Å²) >= 11 is 3.36. The van der Waals surface area contributed by atoms with Crippen LogP contribution in [-0.4, -0.2) is 36.0 Å². The summed E-state index contributed by atoms with van der Waals surface area (Å²) in [6.07, 6.45) is 3.12. The Kier molecular flexibility index (Phi) is 6.59. The molecule has 0 saturated carbocycles. The van der Waals surface area contributed by atoms with Gasteiger partial charge in [0.2, 0.25) is 0 Å². The topological polar surface area (TPSA) is 86.4 Å². The molecule has 4 rings (SSSR count). The van der Waals surface area contributed by atoms with Gasteiger partial charge in [0.1, 0.15) is 5.69 Å². The third-order valence-electron chi connectivity index (χ3n) is 5.48. The van der Waals surface area contributed by atoms with Crippen molar-refractivity contribution in [2.75, 3.05) is 6.61 Å². The predicted octanol–water partition coefficient (Wildman–Crippen LogP) is 4.90. The van der Waals surface area contributed by atoms with Gasteiger partial charge in [-0.25, -0.2) is 18.6 Å². The van der Waals surface area contributed by atoms with Gasteiger partial charge in [0.25, 0.3) is 0 Å². The summed E-state index contributed by atoms with van der Waals surface area (Å²) in [7, 11) is -0.116. The van der Waals surface area contributed by atoms with Gasteiger partial charge in [-0.05, 0) is 54.0 Å². The molecule has 2 aromatic heterocycles. The summed E-state index contributed by atoms with van der Waals surface area (Å²) in [5.41, 5.74) is 2.06. The smallest absolute Gasteiger partial charge is 0.340 e. The van der Waals surface area contributed by atoms with Crippen LogP contribution in [0.4, 0.5) is 8.78 Å². The van der Waals surface area contributed by atoms with Crippen molar-refractivity contribution >= 4 is 43.6 Å². The molecule has 2 heterocycles. The number of aromatic hydroxyl groups is 1. The van der Waals surface area contributed by atoms with Crippen molar-refractivity contribution < 1.29 is 27.6 Å². The third-order valence-corrected chi connectivity index (χ3v) is 7.40. The number of ether oxygens (including phenoxy) is 1. The van der Waals surface area contributed by atoms with Crippen LogP contribution in [0.1, 0.15) is 28.7 Å². The zero-order chi connectivity index (χ0) is 24.7. The third kappa shape index (κ3) is 4.03. The van der Waals surface area contributed by atoms with E-state index in [1.54, 1.807) is 42.3 Å². The summed E-state index contributed by atoms with van der Waals surface area (Å²) in [6.45, 7) is 3.56. The molecule has 1 N–H and O–H groups in total. The van der Waals surface area contributed by atoms with E-state index in [0.717, 1.165) is 12.1 Å². The molecule has 178 valence electrons. The number of imidazole rings is 1. The van der Waals surface area contributed by atoms with Gasteiger partial charge in [-0.3, -0.25) is 8.78 Å². The predicted molar refractivity (Wildman–Crippen MR) is 127 cm³/mol. The van der Waals surface area contributed by atoms with Crippen molar-refractivity contribution in [2.45, 2.75) is 24.5 Å². The zero-order valence-corrected chi connectivity index (χ0v) is 20.8. The summed E-state index contributed by atoms with van der Waals surface area (Å²) in [5, 5.41) is 11.3. The fraction of sp³-hybridized carbons (Fsp3) is 0.217. The summed E-state index contributed by atoms with van der Waals surface area (Å²) in [4.78, 5) is 17.3. The average Bonchev–Trinajstić information content (AvgIpc) is 3.32. The number of aromatic nitrogens is 3. The molecule has 0 aliphatic carbocycles. The molecular formula is C23H20BrF2N3O4S. The Morgan fingerprint density at radius 2 is 2.00 bits per heavy atom. The monoisotopic (exact) mass is 551 g/mol. The van der Waals surface area contributed by atoms with Crippen LogP contribution < -0.4 is 0 Å². The van der Waals surface area contributed by atoms with Gasteiger partial charge in [0, 0.05) is 34.9 Å². The highest BCUT2D eigenvalue weighted by molar-refractivity contribution is 9.10. The lowest BCUT2D eigenvalue weighted by molar-refractivity contribution is 0.0527. The van der Waals surface area contributed by atoms with Gasteiger partial charge in [-0.2, -0.15) is 0 Å². The molecule has 0 bridgehead atoms. The molecular weight excluding hydrogens is 532 g/mol. The lowest BCUT2D eigenvalue weighted by atomic mass is 10.1. The highest BCUT2D eigenvalue weighted by atomic mass is 79.9. The first-order valence-electron chi connectivity index (χ1n) is 10.2. The van der Waals surface area contributed by atoms with E-state index >= 15 is 0 Å². The van der Waals surface area contributed by atoms with Gasteiger partial charge in [0.15, 0.2) is 17.4 Å². The Bertz CT molecular complexity index is 1460. The van der Waals surface area contributed by atoms with Crippen molar-refractivity contribution in [3.8, 4) is 11.4 Å². The molecule has 0 aliphatic rings. The second-order valence-corrected chi connectivity index (χ2v) is 9.83. The molecule has 7 nitrogen and oxygen atoms in total. The normalized spacial score (nSPS) is 12.3. The Labute approximate surface area is 204 Å². The molecule has 0 radical (unpaired) electrons. The van der Waals surface area contributed by atoms with Crippen LogP contribution in [0.2, 0.25) is 0 Å². The van der Waals surface area contributed by atoms with Crippen molar-refractivity contribution in [1.29, 1.82) is 0 Å². The van der Waals surface area contributed by atoms with Gasteiger partial charge in [0.05, 0.1) is 45.0 Å². The molecule has 34 heavy (non-hydrogen) atoms. The van der Waals surface area contributed by atoms with Crippen LogP contribution >= 0.6 is 15.9 Å². The fourth-order valence-electron chi connectivity index (χ4n) is 3.83. The van der Waals surface area contributed by atoms with Crippen LogP contribution in [-0.2, 0) is 28.3 Å². The largest absolute Gasteiger partial charge is 0.505 e. The number of esters is 1. The van der Waals surface area contributed by atoms with Gasteiger partial charge >= 0.3 is 5.97 Å². The van der Waals surface area contributed by atoms with E-state index in [-0.39, 0.29) is 28.6 Å². The van der Waals surface area contributed by atoms with Gasteiger partial charge in [-0.1, -0.05) is 0 Å². The zero-order valence-electron chi connectivity index (χ0n) is 18.4. The van der Waals surface area contributed by atoms with E-state index in [1.807, 2.05) is 0 Å². The van der Waals surface area contributed by atoms with Gasteiger partial charge < -0.3 is 14.4 Å². The second kappa shape index (κ2) is 9.30. The number of carbonyl (C=O) groups excluding carboxylic acids is 1. The Balaban J connectivity index is 2.00. The number of benzene rings is 2. The maximum atomic E-state index is 13.7. The van der Waals surface area contributed by atoms with Gasteiger partial charge in [-0.15, -0.1) is 0 Å². The minimum absolute atomic E-state index is 0.0775. The van der Waals surface area contributed by atoms with Crippen molar-refractivity contribution in [3.63, 3.8) is 0 Å². The molecule has 2 aromatic carbocycles. The maximum absolute atomic E-state index is 13.7. The Morgan fingerprint density at radius 1 is 1.26 bits per heavy atom. The van der Waals surface area contributed by atoms with E-state index in [9.17, 15) is 22.9 Å². The number of hydrogen-bond donors (Lipinski definition) is 1. The molecule has 11 heteroatoms. The number of aryl methyl sites for hydroxylation is 2. The van der Waals surface area contributed by atoms with Crippen LogP contribution in [0.5, 0.6) is 5.75 Å². The number of hydrogen-bond acceptors (Lipinski definition) is 5. The molecule has 0 aliphatic heterocycles. The van der Waals surface area contributed by atoms with E-state index in [1.165, 1.54) is 12.4 Å². The fourth-order valence-corrected chi connectivity index (χ4v) is 5.44. The number of fused-ring (bicyclic) bond motifs is 1. The number of halogens is 3. The molecule has 0 spiro atoms. The number of nitrogens with zero attached hydrogens (tertiary/aromatic N) is 3. The molecule has 1 unspecified atom stereocenters. The number of phenolic OH excluding ortho intramolecular Hbond substituents is 1. The summed E-state index contributed by atoms with van der Waals surface area (Å²) in [6, 6.07) is 4.67. The minimum Gasteiger partial charge on any atom is -0.505 e. The first-order valence-corrected chi connectivity index (χ1v) is 12.3.